The lowest BCUT2D eigenvalue weighted by Crippen LogP contribution is -2.03. The Morgan fingerprint density at radius 1 is 1.22 bits per heavy atom. The molecule has 2 aromatic heterocycles. The highest BCUT2D eigenvalue weighted by molar-refractivity contribution is 5.81. The van der Waals surface area contributed by atoms with Crippen molar-refractivity contribution in [2.75, 3.05) is 5.73 Å². The molecule has 3 aromatic rings. The van der Waals surface area contributed by atoms with Gasteiger partial charge in [0.2, 0.25) is 5.95 Å². The highest BCUT2D eigenvalue weighted by atomic mass is 15.4. The molecule has 0 radical (unpaired) electrons. The van der Waals surface area contributed by atoms with Gasteiger partial charge in [-0.15, -0.1) is 5.10 Å². The van der Waals surface area contributed by atoms with Crippen LogP contribution in [0.5, 0.6) is 0 Å². The minimum absolute atomic E-state index is 0.286. The van der Waals surface area contributed by atoms with E-state index in [1.54, 1.807) is 11.0 Å². The molecule has 0 spiro atoms. The average molecular weight is 242 g/mol. The summed E-state index contributed by atoms with van der Waals surface area (Å²) in [7, 11) is 0. The van der Waals surface area contributed by atoms with Crippen LogP contribution in [0.2, 0.25) is 0 Å². The van der Waals surface area contributed by atoms with Gasteiger partial charge in [0.1, 0.15) is 6.33 Å². The second-order valence-electron chi connectivity index (χ2n) is 4.08. The first kappa shape index (κ1) is 10.8. The summed E-state index contributed by atoms with van der Waals surface area (Å²) < 4.78 is 3.69. The third-order valence-electron chi connectivity index (χ3n) is 2.90. The second kappa shape index (κ2) is 4.14. The summed E-state index contributed by atoms with van der Waals surface area (Å²) in [5, 5.41) is 9.83. The molecule has 0 unspecified atom stereocenters. The molecule has 2 N–H and O–H groups in total. The van der Waals surface area contributed by atoms with Crippen molar-refractivity contribution in [3.8, 4) is 0 Å². The number of para-hydroxylation sites is 1. The van der Waals surface area contributed by atoms with Crippen molar-refractivity contribution in [1.29, 1.82) is 0 Å². The Bertz CT molecular complexity index is 681. The summed E-state index contributed by atoms with van der Waals surface area (Å²) in [6, 6.07) is 8.19. The molecule has 18 heavy (non-hydrogen) atoms. The van der Waals surface area contributed by atoms with E-state index in [1.807, 2.05) is 16.8 Å². The number of nitrogens with two attached hydrogens (primary N) is 1. The van der Waals surface area contributed by atoms with Crippen LogP contribution in [0.1, 0.15) is 12.6 Å². The minimum Gasteiger partial charge on any atom is -0.367 e. The Hall–Kier alpha value is -2.37. The van der Waals surface area contributed by atoms with Crippen LogP contribution in [0.25, 0.3) is 10.9 Å². The number of aryl methyl sites for hydroxylation is 1. The van der Waals surface area contributed by atoms with Gasteiger partial charge in [-0.05, 0) is 13.0 Å². The monoisotopic (exact) mass is 242 g/mol. The Balaban J connectivity index is 2.06. The molecular weight excluding hydrogens is 228 g/mol. The molecule has 0 amide bonds. The molecule has 1 aromatic carbocycles. The van der Waals surface area contributed by atoms with Gasteiger partial charge in [0.25, 0.3) is 0 Å². The van der Waals surface area contributed by atoms with Crippen LogP contribution in [-0.4, -0.2) is 24.5 Å². The molecule has 3 rings (SSSR count). The topological polar surface area (TPSA) is 74.5 Å². The van der Waals surface area contributed by atoms with E-state index in [0.29, 0.717) is 6.54 Å². The molecule has 2 heterocycles. The van der Waals surface area contributed by atoms with E-state index in [-0.39, 0.29) is 5.95 Å². The SMILES string of the molecule is CCn1nc(Cn2cnc(N)n2)c2ccccc21. The molecule has 0 fully saturated rings. The molecule has 92 valence electrons. The molecule has 0 saturated carbocycles. The van der Waals surface area contributed by atoms with Crippen LogP contribution in [0.3, 0.4) is 0 Å². The Morgan fingerprint density at radius 3 is 2.78 bits per heavy atom. The number of rotatable bonds is 3. The Labute approximate surface area is 104 Å². The van der Waals surface area contributed by atoms with Gasteiger partial charge in [-0.25, -0.2) is 9.67 Å². The molecule has 0 aliphatic rings. The number of fused-ring (bicyclic) bond motifs is 1. The molecule has 0 saturated heterocycles. The van der Waals surface area contributed by atoms with Gasteiger partial charge in [0.05, 0.1) is 17.8 Å². The summed E-state index contributed by atoms with van der Waals surface area (Å²) >= 11 is 0. The maximum atomic E-state index is 5.51. The highest BCUT2D eigenvalue weighted by Crippen LogP contribution is 2.19. The standard InChI is InChI=1S/C12H14N6/c1-2-18-11-6-4-3-5-9(11)10(15-18)7-17-8-14-12(13)16-17/h3-6,8H,2,7H2,1H3,(H2,13,16). The lowest BCUT2D eigenvalue weighted by atomic mass is 10.2. The molecule has 0 aliphatic heterocycles. The predicted octanol–water partition coefficient (Wildman–Crippen LogP) is 1.28. The molecule has 0 bridgehead atoms. The van der Waals surface area contributed by atoms with Gasteiger partial charge in [-0.2, -0.15) is 5.10 Å². The molecule has 0 atom stereocenters. The quantitative estimate of drug-likeness (QED) is 0.750. The third kappa shape index (κ3) is 1.71. The van der Waals surface area contributed by atoms with Crippen LogP contribution >= 0.6 is 0 Å². The zero-order chi connectivity index (χ0) is 12.5. The van der Waals surface area contributed by atoms with E-state index in [0.717, 1.165) is 23.1 Å². The van der Waals surface area contributed by atoms with Crippen molar-refractivity contribution in [3.05, 3.63) is 36.3 Å². The fourth-order valence-corrected chi connectivity index (χ4v) is 2.09. The van der Waals surface area contributed by atoms with Crippen LogP contribution in [0, 0.1) is 0 Å². The normalized spacial score (nSPS) is 11.2. The van der Waals surface area contributed by atoms with E-state index in [4.69, 9.17) is 5.73 Å². The lowest BCUT2D eigenvalue weighted by molar-refractivity contribution is 0.628. The van der Waals surface area contributed by atoms with E-state index in [9.17, 15) is 0 Å². The van der Waals surface area contributed by atoms with Crippen molar-refractivity contribution in [2.24, 2.45) is 0 Å². The first-order valence-corrected chi connectivity index (χ1v) is 5.87. The van der Waals surface area contributed by atoms with E-state index in [1.165, 1.54) is 0 Å². The van der Waals surface area contributed by atoms with Crippen molar-refractivity contribution in [2.45, 2.75) is 20.0 Å². The molecule has 0 aliphatic carbocycles. The van der Waals surface area contributed by atoms with E-state index < -0.39 is 0 Å². The first-order chi connectivity index (χ1) is 8.78. The molecule has 6 nitrogen and oxygen atoms in total. The van der Waals surface area contributed by atoms with Crippen molar-refractivity contribution >= 4 is 16.9 Å². The zero-order valence-corrected chi connectivity index (χ0v) is 10.1. The summed E-state index contributed by atoms with van der Waals surface area (Å²) in [5.41, 5.74) is 7.63. The van der Waals surface area contributed by atoms with Crippen molar-refractivity contribution in [3.63, 3.8) is 0 Å². The van der Waals surface area contributed by atoms with E-state index in [2.05, 4.69) is 34.2 Å². The van der Waals surface area contributed by atoms with Crippen LogP contribution in [-0.2, 0) is 13.1 Å². The predicted molar refractivity (Wildman–Crippen MR) is 68.9 cm³/mol. The Morgan fingerprint density at radius 2 is 2.06 bits per heavy atom. The Kier molecular flexibility index (Phi) is 2.47. The first-order valence-electron chi connectivity index (χ1n) is 5.87. The minimum atomic E-state index is 0.286. The number of nitrogens with zero attached hydrogens (tertiary/aromatic N) is 5. The smallest absolute Gasteiger partial charge is 0.239 e. The van der Waals surface area contributed by atoms with Crippen LogP contribution < -0.4 is 5.73 Å². The van der Waals surface area contributed by atoms with Gasteiger partial charge in [0, 0.05) is 11.9 Å². The maximum Gasteiger partial charge on any atom is 0.239 e. The molecule has 6 heteroatoms. The molecular formula is C12H14N6. The van der Waals surface area contributed by atoms with Crippen molar-refractivity contribution in [1.82, 2.24) is 24.5 Å². The lowest BCUT2D eigenvalue weighted by Gasteiger charge is -1.96. The van der Waals surface area contributed by atoms with E-state index >= 15 is 0 Å². The van der Waals surface area contributed by atoms with Gasteiger partial charge < -0.3 is 5.73 Å². The van der Waals surface area contributed by atoms with Gasteiger partial charge in [-0.3, -0.25) is 4.68 Å². The van der Waals surface area contributed by atoms with Gasteiger partial charge in [0.15, 0.2) is 0 Å². The number of nitrogen functional groups attached to an aromatic ring is 1. The fraction of sp³-hybridized carbons (Fsp3) is 0.250. The second-order valence-corrected chi connectivity index (χ2v) is 4.08. The number of aromatic nitrogens is 5. The van der Waals surface area contributed by atoms with Gasteiger partial charge in [-0.1, -0.05) is 18.2 Å². The number of hydrogen-bond donors (Lipinski definition) is 1. The maximum absolute atomic E-state index is 5.51. The summed E-state index contributed by atoms with van der Waals surface area (Å²) in [5.74, 6) is 0.286. The summed E-state index contributed by atoms with van der Waals surface area (Å²) in [4.78, 5) is 3.91. The summed E-state index contributed by atoms with van der Waals surface area (Å²) in [6.45, 7) is 3.51. The number of benzene rings is 1. The largest absolute Gasteiger partial charge is 0.367 e. The third-order valence-corrected chi connectivity index (χ3v) is 2.90. The van der Waals surface area contributed by atoms with Crippen LogP contribution in [0.15, 0.2) is 30.6 Å². The van der Waals surface area contributed by atoms with Crippen molar-refractivity contribution < 1.29 is 0 Å². The number of anilines is 1. The summed E-state index contributed by atoms with van der Waals surface area (Å²) in [6.07, 6.45) is 1.62. The van der Waals surface area contributed by atoms with Crippen LogP contribution in [0.4, 0.5) is 5.95 Å². The highest BCUT2D eigenvalue weighted by Gasteiger charge is 2.10. The average Bonchev–Trinajstić information content (AvgIpc) is 2.95. The van der Waals surface area contributed by atoms with Gasteiger partial charge >= 0.3 is 0 Å². The fourth-order valence-electron chi connectivity index (χ4n) is 2.09. The number of hydrogen-bond acceptors (Lipinski definition) is 4. The zero-order valence-electron chi connectivity index (χ0n) is 10.1.